The molecule has 0 saturated heterocycles. The van der Waals surface area contributed by atoms with Crippen molar-refractivity contribution in [3.63, 3.8) is 0 Å². The molecule has 2 aromatic heterocycles. The topological polar surface area (TPSA) is 63.8 Å². The Morgan fingerprint density at radius 2 is 2.20 bits per heavy atom. The van der Waals surface area contributed by atoms with E-state index < -0.39 is 0 Å². The largest absolute Gasteiger partial charge is 0.431 e. The molecule has 5 nitrogen and oxygen atoms in total. The van der Waals surface area contributed by atoms with Crippen LogP contribution < -0.4 is 5.32 Å². The Morgan fingerprint density at radius 3 is 3.05 bits per heavy atom. The molecule has 0 aliphatic heterocycles. The van der Waals surface area contributed by atoms with Crippen LogP contribution in [-0.4, -0.2) is 21.7 Å². The second-order valence-corrected chi connectivity index (χ2v) is 6.15. The van der Waals surface area contributed by atoms with Crippen molar-refractivity contribution in [2.75, 3.05) is 11.9 Å². The summed E-state index contributed by atoms with van der Waals surface area (Å²) >= 11 is 3.11. The minimum atomic E-state index is 0.671. The van der Waals surface area contributed by atoms with Crippen molar-refractivity contribution in [2.45, 2.75) is 24.3 Å². The van der Waals surface area contributed by atoms with E-state index in [0.717, 1.165) is 40.0 Å². The van der Waals surface area contributed by atoms with Crippen molar-refractivity contribution in [2.24, 2.45) is 0 Å². The van der Waals surface area contributed by atoms with E-state index in [1.165, 1.54) is 11.8 Å². The fraction of sp³-hybridized carbons (Fsp3) is 0.308. The number of thioether (sulfide) groups is 1. The molecule has 7 heteroatoms. The molecule has 1 aromatic carbocycles. The van der Waals surface area contributed by atoms with Crippen molar-refractivity contribution in [3.05, 3.63) is 29.3 Å². The van der Waals surface area contributed by atoms with Crippen molar-refractivity contribution in [1.29, 1.82) is 0 Å². The Kier molecular flexibility index (Phi) is 4.17. The third-order valence-electron chi connectivity index (χ3n) is 2.59. The number of oxazole rings is 1. The second-order valence-electron chi connectivity index (χ2n) is 4.16. The molecule has 0 aliphatic rings. The summed E-state index contributed by atoms with van der Waals surface area (Å²) in [5, 5.41) is 14.0. The predicted octanol–water partition coefficient (Wildman–Crippen LogP) is 3.79. The van der Waals surface area contributed by atoms with Crippen LogP contribution in [0.3, 0.4) is 0 Å². The Morgan fingerprint density at radius 1 is 1.30 bits per heavy atom. The molecule has 0 saturated carbocycles. The van der Waals surface area contributed by atoms with Crippen LogP contribution in [0.1, 0.15) is 18.4 Å². The van der Waals surface area contributed by atoms with Crippen LogP contribution in [-0.2, 0) is 5.75 Å². The van der Waals surface area contributed by atoms with Crippen molar-refractivity contribution in [3.8, 4) is 0 Å². The van der Waals surface area contributed by atoms with Gasteiger partial charge in [-0.05, 0) is 18.6 Å². The van der Waals surface area contributed by atoms with E-state index >= 15 is 0 Å². The Balaban J connectivity index is 1.62. The van der Waals surface area contributed by atoms with E-state index in [2.05, 4.69) is 27.4 Å². The fourth-order valence-electron chi connectivity index (χ4n) is 1.65. The van der Waals surface area contributed by atoms with E-state index in [9.17, 15) is 0 Å². The normalized spacial score (nSPS) is 11.1. The summed E-state index contributed by atoms with van der Waals surface area (Å²) in [7, 11) is 0. The molecule has 3 aromatic rings. The average molecular weight is 306 g/mol. The molecule has 0 radical (unpaired) electrons. The third kappa shape index (κ3) is 3.10. The number of nitrogens with one attached hydrogen (secondary N) is 1. The maximum absolute atomic E-state index is 5.65. The molecule has 0 fully saturated rings. The number of anilines is 1. The van der Waals surface area contributed by atoms with Gasteiger partial charge in [0.2, 0.25) is 5.13 Å². The molecule has 2 heterocycles. The lowest BCUT2D eigenvalue weighted by Gasteiger charge is -1.95. The summed E-state index contributed by atoms with van der Waals surface area (Å²) in [6.07, 6.45) is 1.08. The molecule has 0 aliphatic carbocycles. The Bertz CT molecular complexity index is 661. The van der Waals surface area contributed by atoms with Crippen molar-refractivity contribution < 1.29 is 4.42 Å². The van der Waals surface area contributed by atoms with Crippen LogP contribution in [0, 0.1) is 0 Å². The van der Waals surface area contributed by atoms with Gasteiger partial charge in [-0.15, -0.1) is 10.2 Å². The number of para-hydroxylation sites is 2. The highest BCUT2D eigenvalue weighted by atomic mass is 32.2. The first-order valence-corrected chi connectivity index (χ1v) is 8.20. The summed E-state index contributed by atoms with van der Waals surface area (Å²) in [6, 6.07) is 7.76. The number of aromatic nitrogens is 3. The molecular weight excluding hydrogens is 292 g/mol. The first-order valence-electron chi connectivity index (χ1n) is 6.40. The van der Waals surface area contributed by atoms with Gasteiger partial charge in [0.1, 0.15) is 10.5 Å². The molecule has 0 spiro atoms. The molecule has 104 valence electrons. The van der Waals surface area contributed by atoms with E-state index in [1.807, 2.05) is 24.3 Å². The lowest BCUT2D eigenvalue weighted by atomic mass is 10.3. The van der Waals surface area contributed by atoms with E-state index in [1.54, 1.807) is 11.3 Å². The molecule has 0 atom stereocenters. The van der Waals surface area contributed by atoms with E-state index in [0.29, 0.717) is 5.22 Å². The minimum absolute atomic E-state index is 0.671. The summed E-state index contributed by atoms with van der Waals surface area (Å²) < 4.78 is 5.65. The summed E-state index contributed by atoms with van der Waals surface area (Å²) in [4.78, 5) is 4.42. The first kappa shape index (κ1) is 13.4. The predicted molar refractivity (Wildman–Crippen MR) is 82.3 cm³/mol. The highest BCUT2D eigenvalue weighted by Gasteiger charge is 2.09. The monoisotopic (exact) mass is 306 g/mol. The quantitative estimate of drug-likeness (QED) is 0.699. The van der Waals surface area contributed by atoms with Gasteiger partial charge >= 0.3 is 0 Å². The maximum atomic E-state index is 5.65. The average Bonchev–Trinajstić information content (AvgIpc) is 3.09. The molecular formula is C13H14N4OS2. The Labute approximate surface area is 124 Å². The number of hydrogen-bond donors (Lipinski definition) is 1. The van der Waals surface area contributed by atoms with E-state index in [4.69, 9.17) is 4.42 Å². The number of rotatable bonds is 6. The van der Waals surface area contributed by atoms with Crippen LogP contribution >= 0.6 is 23.1 Å². The number of nitrogens with zero attached hydrogens (tertiary/aromatic N) is 3. The lowest BCUT2D eigenvalue weighted by molar-refractivity contribution is 0.489. The van der Waals surface area contributed by atoms with Gasteiger partial charge in [-0.2, -0.15) is 0 Å². The molecule has 0 unspecified atom stereocenters. The van der Waals surface area contributed by atoms with Gasteiger partial charge in [-0.25, -0.2) is 4.98 Å². The molecule has 0 amide bonds. The smallest absolute Gasteiger partial charge is 0.257 e. The second kappa shape index (κ2) is 6.23. The third-order valence-corrected chi connectivity index (χ3v) is 4.49. The number of benzene rings is 1. The van der Waals surface area contributed by atoms with Gasteiger partial charge in [0, 0.05) is 6.54 Å². The van der Waals surface area contributed by atoms with Gasteiger partial charge in [0.25, 0.3) is 5.22 Å². The van der Waals surface area contributed by atoms with Crippen LogP contribution in [0.5, 0.6) is 0 Å². The highest BCUT2D eigenvalue weighted by Crippen LogP contribution is 2.27. The summed E-state index contributed by atoms with van der Waals surface area (Å²) in [6.45, 7) is 3.05. The fourth-order valence-corrected chi connectivity index (χ4v) is 3.24. The Hall–Kier alpha value is -1.60. The standard InChI is InChI=1S/C13H14N4OS2/c1-2-7-14-12-17-16-11(20-12)8-19-13-15-9-5-3-4-6-10(9)18-13/h3-6H,2,7-8H2,1H3,(H,14,17). The molecule has 20 heavy (non-hydrogen) atoms. The number of hydrogen-bond acceptors (Lipinski definition) is 7. The van der Waals surface area contributed by atoms with Crippen LogP contribution in [0.4, 0.5) is 5.13 Å². The zero-order chi connectivity index (χ0) is 13.8. The van der Waals surface area contributed by atoms with Crippen LogP contribution in [0.25, 0.3) is 11.1 Å². The minimum Gasteiger partial charge on any atom is -0.431 e. The van der Waals surface area contributed by atoms with Gasteiger partial charge in [-0.3, -0.25) is 0 Å². The maximum Gasteiger partial charge on any atom is 0.257 e. The molecule has 1 N–H and O–H groups in total. The zero-order valence-corrected chi connectivity index (χ0v) is 12.6. The molecule has 3 rings (SSSR count). The summed E-state index contributed by atoms with van der Waals surface area (Å²) in [5.74, 6) is 0.721. The lowest BCUT2D eigenvalue weighted by Crippen LogP contribution is -1.98. The molecule has 0 bridgehead atoms. The van der Waals surface area contributed by atoms with E-state index in [-0.39, 0.29) is 0 Å². The SMILES string of the molecule is CCCNc1nnc(CSc2nc3ccccc3o2)s1. The first-order chi connectivity index (χ1) is 9.85. The number of fused-ring (bicyclic) bond motifs is 1. The van der Waals surface area contributed by atoms with Gasteiger partial charge in [0.05, 0.1) is 5.75 Å². The van der Waals surface area contributed by atoms with Gasteiger partial charge < -0.3 is 9.73 Å². The van der Waals surface area contributed by atoms with Crippen molar-refractivity contribution >= 4 is 39.3 Å². The highest BCUT2D eigenvalue weighted by molar-refractivity contribution is 7.98. The van der Waals surface area contributed by atoms with Crippen LogP contribution in [0.2, 0.25) is 0 Å². The zero-order valence-electron chi connectivity index (χ0n) is 11.0. The van der Waals surface area contributed by atoms with Gasteiger partial charge in [0.15, 0.2) is 5.58 Å². The van der Waals surface area contributed by atoms with Crippen LogP contribution in [0.15, 0.2) is 33.9 Å². The van der Waals surface area contributed by atoms with Gasteiger partial charge in [-0.1, -0.05) is 42.2 Å². The summed E-state index contributed by atoms with van der Waals surface area (Å²) in [5.41, 5.74) is 1.70. The van der Waals surface area contributed by atoms with Crippen molar-refractivity contribution in [1.82, 2.24) is 15.2 Å².